The van der Waals surface area contributed by atoms with Gasteiger partial charge in [-0.15, -0.1) is 0 Å². The Labute approximate surface area is 139 Å². The summed E-state index contributed by atoms with van der Waals surface area (Å²) in [5.74, 6) is 0.504. The molecule has 23 heavy (non-hydrogen) atoms. The van der Waals surface area contributed by atoms with Crippen molar-refractivity contribution in [3.63, 3.8) is 0 Å². The van der Waals surface area contributed by atoms with E-state index in [0.29, 0.717) is 12.3 Å². The van der Waals surface area contributed by atoms with Gasteiger partial charge in [0.15, 0.2) is 5.78 Å². The monoisotopic (exact) mass is 318 g/mol. The lowest BCUT2D eigenvalue weighted by Crippen LogP contribution is -2.55. The van der Waals surface area contributed by atoms with Crippen molar-refractivity contribution in [2.45, 2.75) is 65.4 Å². The third-order valence-electron chi connectivity index (χ3n) is 6.89. The zero-order valence-corrected chi connectivity index (χ0v) is 14.9. The summed E-state index contributed by atoms with van der Waals surface area (Å²) in [6.45, 7) is 8.55. The molecule has 2 N–H and O–H groups in total. The summed E-state index contributed by atoms with van der Waals surface area (Å²) in [4.78, 5) is 12.6. The van der Waals surface area contributed by atoms with Crippen molar-refractivity contribution in [3.05, 3.63) is 23.3 Å². The first-order chi connectivity index (χ1) is 10.7. The second kappa shape index (κ2) is 5.29. The number of carbonyl (C=O) groups is 1. The highest BCUT2D eigenvalue weighted by atomic mass is 16.3. The van der Waals surface area contributed by atoms with Crippen molar-refractivity contribution >= 4 is 5.78 Å². The summed E-state index contributed by atoms with van der Waals surface area (Å²) in [5, 5.41) is 21.3. The Morgan fingerprint density at radius 2 is 1.96 bits per heavy atom. The van der Waals surface area contributed by atoms with Crippen LogP contribution in [0.25, 0.3) is 0 Å². The molecule has 2 fully saturated rings. The van der Waals surface area contributed by atoms with Gasteiger partial charge in [0.05, 0.1) is 0 Å². The maximum atomic E-state index is 12.6. The van der Waals surface area contributed by atoms with Gasteiger partial charge in [-0.1, -0.05) is 34.1 Å². The van der Waals surface area contributed by atoms with Crippen molar-refractivity contribution in [1.29, 1.82) is 0 Å². The molecular weight excluding hydrogens is 288 g/mol. The predicted octanol–water partition coefficient (Wildman–Crippen LogP) is 3.41. The fourth-order valence-corrected chi connectivity index (χ4v) is 5.58. The second-order valence-corrected chi connectivity index (χ2v) is 8.78. The van der Waals surface area contributed by atoms with E-state index in [9.17, 15) is 15.0 Å². The van der Waals surface area contributed by atoms with Crippen LogP contribution in [0.1, 0.15) is 59.8 Å². The summed E-state index contributed by atoms with van der Waals surface area (Å²) in [7, 11) is 0. The third kappa shape index (κ3) is 2.35. The number of allylic oxidation sites excluding steroid dienone is 2. The van der Waals surface area contributed by atoms with E-state index in [1.165, 1.54) is 0 Å². The standard InChI is InChI=1S/C20H30O3/c1-13(2)14-11-20(23)9-6-16-18(3,12-21)7-5-8-19(16,4)17(20)10-15(14)22/h10-11,13,16,21,23H,5-9,12H2,1-4H3/t16-,18-,19-,20+/m0/s1. The summed E-state index contributed by atoms with van der Waals surface area (Å²) in [5.41, 5.74) is 0.346. The van der Waals surface area contributed by atoms with Crippen LogP contribution in [0.5, 0.6) is 0 Å². The Hall–Kier alpha value is -0.930. The van der Waals surface area contributed by atoms with Crippen LogP contribution in [-0.2, 0) is 4.79 Å². The van der Waals surface area contributed by atoms with E-state index in [4.69, 9.17) is 0 Å². The van der Waals surface area contributed by atoms with Crippen molar-refractivity contribution in [3.8, 4) is 0 Å². The molecule has 2 saturated carbocycles. The molecule has 0 radical (unpaired) electrons. The second-order valence-electron chi connectivity index (χ2n) is 8.78. The minimum Gasteiger partial charge on any atom is -0.396 e. The van der Waals surface area contributed by atoms with Gasteiger partial charge in [0.1, 0.15) is 5.60 Å². The molecule has 4 atom stereocenters. The first kappa shape index (κ1) is 16.9. The topological polar surface area (TPSA) is 57.5 Å². The molecule has 0 amide bonds. The number of aliphatic hydroxyl groups excluding tert-OH is 1. The number of hydrogen-bond donors (Lipinski definition) is 2. The largest absolute Gasteiger partial charge is 0.396 e. The Kier molecular flexibility index (Phi) is 3.89. The predicted molar refractivity (Wildman–Crippen MR) is 90.8 cm³/mol. The minimum atomic E-state index is -0.980. The zero-order chi connectivity index (χ0) is 17.0. The van der Waals surface area contributed by atoms with Crippen LogP contribution in [0.3, 0.4) is 0 Å². The van der Waals surface area contributed by atoms with Crippen molar-refractivity contribution < 1.29 is 15.0 Å². The number of fused-ring (bicyclic) bond motifs is 3. The van der Waals surface area contributed by atoms with Crippen molar-refractivity contribution in [1.82, 2.24) is 0 Å². The lowest BCUT2D eigenvalue weighted by molar-refractivity contribution is -0.114. The lowest BCUT2D eigenvalue weighted by Gasteiger charge is -2.59. The van der Waals surface area contributed by atoms with Crippen LogP contribution >= 0.6 is 0 Å². The molecule has 128 valence electrons. The Morgan fingerprint density at radius 3 is 2.57 bits per heavy atom. The van der Waals surface area contributed by atoms with E-state index in [0.717, 1.165) is 36.8 Å². The summed E-state index contributed by atoms with van der Waals surface area (Å²) in [6.07, 6.45) is 8.16. The maximum Gasteiger partial charge on any atom is 0.181 e. The Balaban J connectivity index is 2.07. The zero-order valence-electron chi connectivity index (χ0n) is 14.9. The van der Waals surface area contributed by atoms with Gasteiger partial charge in [0, 0.05) is 12.2 Å². The van der Waals surface area contributed by atoms with Crippen LogP contribution in [-0.4, -0.2) is 28.2 Å². The SMILES string of the molecule is CC(C)C1=C[C@]2(O)CC[C@H]3[C@](C)(CO)CCC[C@]3(C)C2=CC1=O. The molecule has 0 spiro atoms. The molecule has 0 unspecified atom stereocenters. The highest BCUT2D eigenvalue weighted by Gasteiger charge is 2.58. The molecule has 0 aromatic heterocycles. The Morgan fingerprint density at radius 1 is 1.26 bits per heavy atom. The molecule has 0 saturated heterocycles. The average molecular weight is 318 g/mol. The summed E-state index contributed by atoms with van der Waals surface area (Å²) < 4.78 is 0. The number of ketones is 1. The van der Waals surface area contributed by atoms with Crippen LogP contribution in [0.2, 0.25) is 0 Å². The van der Waals surface area contributed by atoms with E-state index in [1.54, 1.807) is 6.08 Å². The normalized spacial score (nSPS) is 43.6. The molecule has 3 nitrogen and oxygen atoms in total. The van der Waals surface area contributed by atoms with E-state index in [1.807, 2.05) is 19.9 Å². The molecule has 3 aliphatic rings. The van der Waals surface area contributed by atoms with Gasteiger partial charge in [-0.2, -0.15) is 0 Å². The van der Waals surface area contributed by atoms with Gasteiger partial charge in [-0.3, -0.25) is 4.79 Å². The van der Waals surface area contributed by atoms with Crippen LogP contribution < -0.4 is 0 Å². The first-order valence-corrected chi connectivity index (χ1v) is 8.99. The molecular formula is C20H30O3. The molecule has 3 rings (SSSR count). The molecule has 0 aromatic carbocycles. The molecule has 3 aliphatic carbocycles. The van der Waals surface area contributed by atoms with E-state index in [-0.39, 0.29) is 29.1 Å². The highest BCUT2D eigenvalue weighted by Crippen LogP contribution is 2.62. The van der Waals surface area contributed by atoms with Gasteiger partial charge >= 0.3 is 0 Å². The summed E-state index contributed by atoms with van der Waals surface area (Å²) >= 11 is 0. The van der Waals surface area contributed by atoms with Gasteiger partial charge in [-0.25, -0.2) is 0 Å². The number of rotatable bonds is 2. The molecule has 0 aliphatic heterocycles. The lowest BCUT2D eigenvalue weighted by atomic mass is 9.46. The Bertz CT molecular complexity index is 588. The smallest absolute Gasteiger partial charge is 0.181 e. The van der Waals surface area contributed by atoms with E-state index in [2.05, 4.69) is 13.8 Å². The van der Waals surface area contributed by atoms with E-state index < -0.39 is 5.60 Å². The first-order valence-electron chi connectivity index (χ1n) is 8.99. The van der Waals surface area contributed by atoms with Gasteiger partial charge in [-0.05, 0) is 66.1 Å². The van der Waals surface area contributed by atoms with Crippen molar-refractivity contribution in [2.24, 2.45) is 22.7 Å². The van der Waals surface area contributed by atoms with Crippen molar-refractivity contribution in [2.75, 3.05) is 6.61 Å². The minimum absolute atomic E-state index is 0.0535. The third-order valence-corrected chi connectivity index (χ3v) is 6.89. The van der Waals surface area contributed by atoms with Gasteiger partial charge in [0.25, 0.3) is 0 Å². The summed E-state index contributed by atoms with van der Waals surface area (Å²) in [6, 6.07) is 0. The van der Waals surface area contributed by atoms with Gasteiger partial charge < -0.3 is 10.2 Å². The van der Waals surface area contributed by atoms with E-state index >= 15 is 0 Å². The number of aliphatic hydroxyl groups is 2. The molecule has 0 bridgehead atoms. The number of hydrogen-bond acceptors (Lipinski definition) is 3. The van der Waals surface area contributed by atoms with Crippen LogP contribution in [0.4, 0.5) is 0 Å². The molecule has 0 aromatic rings. The average Bonchev–Trinajstić information content (AvgIpc) is 2.48. The number of carbonyl (C=O) groups excluding carboxylic acids is 1. The highest BCUT2D eigenvalue weighted by molar-refractivity contribution is 6.06. The quantitative estimate of drug-likeness (QED) is 0.820. The fraction of sp³-hybridized carbons (Fsp3) is 0.750. The van der Waals surface area contributed by atoms with Crippen LogP contribution in [0, 0.1) is 22.7 Å². The fourth-order valence-electron chi connectivity index (χ4n) is 5.58. The molecule has 3 heteroatoms. The maximum absolute atomic E-state index is 12.6. The molecule has 0 heterocycles. The van der Waals surface area contributed by atoms with Crippen LogP contribution in [0.15, 0.2) is 23.3 Å². The van der Waals surface area contributed by atoms with Gasteiger partial charge in [0.2, 0.25) is 0 Å².